The first-order chi connectivity index (χ1) is 8.98. The molecular formula is C16H26N2O. The first kappa shape index (κ1) is 14.4. The standard InChI is InChI=1S/C16H26N2O/c1-13-4-5-15(14(2)12-13)19-11-8-16(17)6-9-18(3)10-7-16/h4-5,12H,6-11,17H2,1-3H3. The van der Waals surface area contributed by atoms with Gasteiger partial charge < -0.3 is 15.4 Å². The van der Waals surface area contributed by atoms with Gasteiger partial charge in [0.05, 0.1) is 6.61 Å². The maximum absolute atomic E-state index is 6.44. The Morgan fingerprint density at radius 1 is 1.26 bits per heavy atom. The first-order valence-electron chi connectivity index (χ1n) is 7.16. The smallest absolute Gasteiger partial charge is 0.122 e. The summed E-state index contributed by atoms with van der Waals surface area (Å²) in [6.07, 6.45) is 3.08. The molecule has 1 aromatic rings. The molecule has 106 valence electrons. The zero-order chi connectivity index (χ0) is 13.9. The fourth-order valence-corrected chi connectivity index (χ4v) is 2.64. The molecule has 0 aliphatic carbocycles. The summed E-state index contributed by atoms with van der Waals surface area (Å²) in [7, 11) is 2.16. The summed E-state index contributed by atoms with van der Waals surface area (Å²) in [4.78, 5) is 2.34. The second kappa shape index (κ2) is 5.93. The molecule has 0 radical (unpaired) electrons. The van der Waals surface area contributed by atoms with Gasteiger partial charge in [-0.25, -0.2) is 0 Å². The van der Waals surface area contributed by atoms with Gasteiger partial charge in [-0.3, -0.25) is 0 Å². The molecule has 2 rings (SSSR count). The van der Waals surface area contributed by atoms with Gasteiger partial charge in [-0.05, 0) is 64.9 Å². The molecule has 0 unspecified atom stereocenters. The van der Waals surface area contributed by atoms with Crippen molar-refractivity contribution in [3.05, 3.63) is 29.3 Å². The Labute approximate surface area is 116 Å². The lowest BCUT2D eigenvalue weighted by molar-refractivity contribution is 0.159. The summed E-state index contributed by atoms with van der Waals surface area (Å²) < 4.78 is 5.89. The van der Waals surface area contributed by atoms with Crippen LogP contribution >= 0.6 is 0 Å². The maximum atomic E-state index is 6.44. The number of benzene rings is 1. The zero-order valence-corrected chi connectivity index (χ0v) is 12.4. The van der Waals surface area contributed by atoms with Crippen LogP contribution in [0.3, 0.4) is 0 Å². The SMILES string of the molecule is Cc1ccc(OCCC2(N)CCN(C)CC2)c(C)c1. The number of piperidine rings is 1. The Morgan fingerprint density at radius 3 is 2.58 bits per heavy atom. The summed E-state index contributed by atoms with van der Waals surface area (Å²) in [5, 5.41) is 0. The van der Waals surface area contributed by atoms with Crippen molar-refractivity contribution >= 4 is 0 Å². The molecule has 3 nitrogen and oxygen atoms in total. The third kappa shape index (κ3) is 3.95. The first-order valence-corrected chi connectivity index (χ1v) is 7.16. The van der Waals surface area contributed by atoms with E-state index in [9.17, 15) is 0 Å². The van der Waals surface area contributed by atoms with Crippen LogP contribution in [0.25, 0.3) is 0 Å². The van der Waals surface area contributed by atoms with Crippen LogP contribution in [0.5, 0.6) is 5.75 Å². The quantitative estimate of drug-likeness (QED) is 0.906. The van der Waals surface area contributed by atoms with Crippen LogP contribution in [-0.4, -0.2) is 37.2 Å². The average molecular weight is 262 g/mol. The van der Waals surface area contributed by atoms with Crippen LogP contribution in [0.4, 0.5) is 0 Å². The summed E-state index contributed by atoms with van der Waals surface area (Å²) in [6, 6.07) is 6.31. The minimum absolute atomic E-state index is 0.0366. The Kier molecular flexibility index (Phi) is 4.48. The van der Waals surface area contributed by atoms with E-state index in [1.165, 1.54) is 11.1 Å². The number of rotatable bonds is 4. The van der Waals surface area contributed by atoms with Gasteiger partial charge in [0.15, 0.2) is 0 Å². The molecule has 1 aliphatic rings. The number of nitrogens with zero attached hydrogens (tertiary/aromatic N) is 1. The molecule has 0 aromatic heterocycles. The number of hydrogen-bond donors (Lipinski definition) is 1. The molecule has 2 N–H and O–H groups in total. The molecule has 0 spiro atoms. The molecule has 1 heterocycles. The van der Waals surface area contributed by atoms with E-state index in [1.807, 2.05) is 0 Å². The summed E-state index contributed by atoms with van der Waals surface area (Å²) in [5.74, 6) is 0.988. The molecule has 1 aliphatic heterocycles. The molecule has 0 amide bonds. The van der Waals surface area contributed by atoms with E-state index in [0.29, 0.717) is 6.61 Å². The predicted molar refractivity (Wildman–Crippen MR) is 79.7 cm³/mol. The van der Waals surface area contributed by atoms with Gasteiger partial charge in [0.25, 0.3) is 0 Å². The molecule has 0 saturated carbocycles. The van der Waals surface area contributed by atoms with Crippen molar-refractivity contribution in [3.63, 3.8) is 0 Å². The van der Waals surface area contributed by atoms with Crippen molar-refractivity contribution in [1.29, 1.82) is 0 Å². The minimum Gasteiger partial charge on any atom is -0.493 e. The van der Waals surface area contributed by atoms with Crippen molar-refractivity contribution in [2.45, 2.75) is 38.6 Å². The van der Waals surface area contributed by atoms with Crippen molar-refractivity contribution < 1.29 is 4.74 Å². The van der Waals surface area contributed by atoms with Gasteiger partial charge in [-0.1, -0.05) is 17.7 Å². The second-order valence-corrected chi connectivity index (χ2v) is 6.03. The molecule has 1 aromatic carbocycles. The van der Waals surface area contributed by atoms with Crippen molar-refractivity contribution in [2.75, 3.05) is 26.7 Å². The summed E-state index contributed by atoms with van der Waals surface area (Å²) in [6.45, 7) is 7.10. The third-order valence-corrected chi connectivity index (χ3v) is 4.17. The molecule has 0 bridgehead atoms. The van der Waals surface area contributed by atoms with Gasteiger partial charge in [0.1, 0.15) is 5.75 Å². The van der Waals surface area contributed by atoms with Crippen LogP contribution in [-0.2, 0) is 0 Å². The molecule has 19 heavy (non-hydrogen) atoms. The van der Waals surface area contributed by atoms with E-state index in [0.717, 1.165) is 38.1 Å². The fraction of sp³-hybridized carbons (Fsp3) is 0.625. The van der Waals surface area contributed by atoms with E-state index >= 15 is 0 Å². The van der Waals surface area contributed by atoms with Crippen LogP contribution in [0.2, 0.25) is 0 Å². The molecular weight excluding hydrogens is 236 g/mol. The number of nitrogens with two attached hydrogens (primary N) is 1. The van der Waals surface area contributed by atoms with Gasteiger partial charge >= 0.3 is 0 Å². The van der Waals surface area contributed by atoms with Gasteiger partial charge in [0, 0.05) is 5.54 Å². The lowest BCUT2D eigenvalue weighted by atomic mass is 9.86. The number of aryl methyl sites for hydroxylation is 2. The number of likely N-dealkylation sites (tertiary alicyclic amines) is 1. The van der Waals surface area contributed by atoms with Crippen LogP contribution < -0.4 is 10.5 Å². The number of ether oxygens (including phenoxy) is 1. The molecule has 3 heteroatoms. The lowest BCUT2D eigenvalue weighted by Gasteiger charge is -2.37. The molecule has 1 saturated heterocycles. The van der Waals surface area contributed by atoms with E-state index in [1.54, 1.807) is 0 Å². The largest absolute Gasteiger partial charge is 0.493 e. The van der Waals surface area contributed by atoms with Crippen molar-refractivity contribution in [1.82, 2.24) is 4.90 Å². The Bertz CT molecular complexity index is 423. The summed E-state index contributed by atoms with van der Waals surface area (Å²) in [5.41, 5.74) is 8.88. The van der Waals surface area contributed by atoms with Gasteiger partial charge in [-0.15, -0.1) is 0 Å². The van der Waals surface area contributed by atoms with Crippen LogP contribution in [0, 0.1) is 13.8 Å². The highest BCUT2D eigenvalue weighted by molar-refractivity contribution is 5.35. The highest BCUT2D eigenvalue weighted by atomic mass is 16.5. The van der Waals surface area contributed by atoms with Crippen molar-refractivity contribution in [2.24, 2.45) is 5.73 Å². The van der Waals surface area contributed by atoms with Crippen LogP contribution in [0.15, 0.2) is 18.2 Å². The topological polar surface area (TPSA) is 38.5 Å². The van der Waals surface area contributed by atoms with E-state index in [-0.39, 0.29) is 5.54 Å². The van der Waals surface area contributed by atoms with Crippen molar-refractivity contribution in [3.8, 4) is 5.75 Å². The fourth-order valence-electron chi connectivity index (χ4n) is 2.64. The third-order valence-electron chi connectivity index (χ3n) is 4.17. The predicted octanol–water partition coefficient (Wildman–Crippen LogP) is 2.50. The normalized spacial score (nSPS) is 19.4. The molecule has 0 atom stereocenters. The zero-order valence-electron chi connectivity index (χ0n) is 12.4. The lowest BCUT2D eigenvalue weighted by Crippen LogP contribution is -2.50. The average Bonchev–Trinajstić information content (AvgIpc) is 2.36. The van der Waals surface area contributed by atoms with E-state index < -0.39 is 0 Å². The van der Waals surface area contributed by atoms with E-state index in [2.05, 4.69) is 44.0 Å². The monoisotopic (exact) mass is 262 g/mol. The van der Waals surface area contributed by atoms with Gasteiger partial charge in [0.2, 0.25) is 0 Å². The minimum atomic E-state index is -0.0366. The Balaban J connectivity index is 1.83. The highest BCUT2D eigenvalue weighted by Crippen LogP contribution is 2.24. The van der Waals surface area contributed by atoms with E-state index in [4.69, 9.17) is 10.5 Å². The maximum Gasteiger partial charge on any atom is 0.122 e. The van der Waals surface area contributed by atoms with Gasteiger partial charge in [-0.2, -0.15) is 0 Å². The second-order valence-electron chi connectivity index (χ2n) is 6.03. The number of hydrogen-bond acceptors (Lipinski definition) is 3. The Morgan fingerprint density at radius 2 is 1.95 bits per heavy atom. The van der Waals surface area contributed by atoms with Crippen LogP contribution in [0.1, 0.15) is 30.4 Å². The highest BCUT2D eigenvalue weighted by Gasteiger charge is 2.29. The molecule has 1 fully saturated rings. The summed E-state index contributed by atoms with van der Waals surface area (Å²) >= 11 is 0. The Hall–Kier alpha value is -1.06.